The van der Waals surface area contributed by atoms with Crippen LogP contribution in [0.15, 0.2) is 51.2 Å². The molecule has 0 atom stereocenters. The van der Waals surface area contributed by atoms with Crippen LogP contribution in [0.3, 0.4) is 0 Å². The first-order valence-electron chi connectivity index (χ1n) is 6.87. The summed E-state index contributed by atoms with van der Waals surface area (Å²) in [6.07, 6.45) is -2.95. The highest BCUT2D eigenvalue weighted by Crippen LogP contribution is 2.43. The number of alkyl halides is 3. The Morgan fingerprint density at radius 2 is 1.78 bits per heavy atom. The fourth-order valence-corrected chi connectivity index (χ4v) is 3.10. The number of aliphatic imine (C=N–C) groups is 1. The molecule has 0 aromatic heterocycles. The molecule has 0 radical (unpaired) electrons. The number of hydrogen-bond acceptors (Lipinski definition) is 3. The van der Waals surface area contributed by atoms with Crippen molar-refractivity contribution in [2.24, 2.45) is 4.99 Å². The Balaban J connectivity index is 2.47. The van der Waals surface area contributed by atoms with Crippen LogP contribution in [0.2, 0.25) is 0 Å². The second-order valence-electron chi connectivity index (χ2n) is 4.80. The predicted molar refractivity (Wildman–Crippen MR) is 87.1 cm³/mol. The number of halogens is 3. The van der Waals surface area contributed by atoms with Crippen molar-refractivity contribution in [1.82, 2.24) is 0 Å². The smallest absolute Gasteiger partial charge is 0.417 e. The van der Waals surface area contributed by atoms with Crippen molar-refractivity contribution in [3.63, 3.8) is 0 Å². The molecule has 0 fully saturated rings. The Kier molecular flexibility index (Phi) is 5.36. The Morgan fingerprint density at radius 1 is 1.13 bits per heavy atom. The number of nitrogens with zero attached hydrogens (tertiary/aromatic N) is 1. The lowest BCUT2D eigenvalue weighted by atomic mass is 10.1. The first-order valence-corrected chi connectivity index (χ1v) is 7.69. The molecule has 122 valence electrons. The Morgan fingerprint density at radius 3 is 2.30 bits per heavy atom. The quantitative estimate of drug-likeness (QED) is 0.647. The van der Waals surface area contributed by atoms with Crippen molar-refractivity contribution in [3.05, 3.63) is 47.5 Å². The third-order valence-electron chi connectivity index (χ3n) is 3.12. The van der Waals surface area contributed by atoms with Crippen LogP contribution in [0.1, 0.15) is 18.1 Å². The maximum absolute atomic E-state index is 13.4. The summed E-state index contributed by atoms with van der Waals surface area (Å²) in [6, 6.07) is 9.66. The summed E-state index contributed by atoms with van der Waals surface area (Å²) in [7, 11) is 1.54. The van der Waals surface area contributed by atoms with E-state index in [-0.39, 0.29) is 4.90 Å². The summed E-state index contributed by atoms with van der Waals surface area (Å²) in [5.41, 5.74) is 0.177. The van der Waals surface area contributed by atoms with Gasteiger partial charge < -0.3 is 4.74 Å². The highest BCUT2D eigenvalue weighted by atomic mass is 32.2. The second-order valence-corrected chi connectivity index (χ2v) is 5.89. The van der Waals surface area contributed by atoms with Gasteiger partial charge in [0.1, 0.15) is 5.75 Å². The molecule has 2 aromatic carbocycles. The van der Waals surface area contributed by atoms with Crippen LogP contribution in [0.5, 0.6) is 5.75 Å². The van der Waals surface area contributed by atoms with E-state index >= 15 is 0 Å². The van der Waals surface area contributed by atoms with Gasteiger partial charge in [-0.2, -0.15) is 13.2 Å². The predicted octanol–water partition coefficient (Wildman–Crippen LogP) is 5.90. The minimum absolute atomic E-state index is 0.192. The zero-order valence-corrected chi connectivity index (χ0v) is 13.8. The van der Waals surface area contributed by atoms with E-state index in [0.29, 0.717) is 21.9 Å². The molecule has 2 nitrogen and oxygen atoms in total. The molecule has 0 unspecified atom stereocenters. The standard InChI is InChI=1S/C17H16F3NOS/c1-4-21-12-9-11(2)16(15(10-12)17(18,19)20)23-14-7-5-13(22-3)6-8-14/h4-10H,1-3H3/b21-4+. The normalized spacial score (nSPS) is 11.9. The van der Waals surface area contributed by atoms with Gasteiger partial charge in [-0.05, 0) is 55.8 Å². The van der Waals surface area contributed by atoms with E-state index in [1.807, 2.05) is 0 Å². The van der Waals surface area contributed by atoms with Crippen molar-refractivity contribution >= 4 is 23.7 Å². The number of benzene rings is 2. The molecule has 0 saturated carbocycles. The lowest BCUT2D eigenvalue weighted by molar-refractivity contribution is -0.139. The Bertz CT molecular complexity index is 709. The zero-order valence-electron chi connectivity index (χ0n) is 12.9. The molecular formula is C17H16F3NOS. The minimum Gasteiger partial charge on any atom is -0.497 e. The van der Waals surface area contributed by atoms with Gasteiger partial charge in [-0.15, -0.1) is 0 Å². The fourth-order valence-electron chi connectivity index (χ4n) is 2.09. The lowest BCUT2D eigenvalue weighted by Crippen LogP contribution is -2.07. The van der Waals surface area contributed by atoms with Gasteiger partial charge in [0.2, 0.25) is 0 Å². The van der Waals surface area contributed by atoms with Crippen molar-refractivity contribution in [2.75, 3.05) is 7.11 Å². The molecule has 0 aliphatic carbocycles. The summed E-state index contributed by atoms with van der Waals surface area (Å²) in [5, 5.41) is 0. The average Bonchev–Trinajstić information content (AvgIpc) is 2.49. The highest BCUT2D eigenvalue weighted by Gasteiger charge is 2.35. The van der Waals surface area contributed by atoms with Crippen molar-refractivity contribution in [1.29, 1.82) is 0 Å². The molecule has 2 aromatic rings. The van der Waals surface area contributed by atoms with Gasteiger partial charge in [0.15, 0.2) is 0 Å². The van der Waals surface area contributed by atoms with Crippen LogP contribution in [0, 0.1) is 6.92 Å². The maximum atomic E-state index is 13.4. The van der Waals surface area contributed by atoms with Crippen LogP contribution in [-0.4, -0.2) is 13.3 Å². The van der Waals surface area contributed by atoms with Gasteiger partial charge >= 0.3 is 6.18 Å². The Hall–Kier alpha value is -1.95. The SMILES string of the molecule is C/C=N/c1cc(C)c(Sc2ccc(OC)cc2)c(C(F)(F)F)c1. The first kappa shape index (κ1) is 17.4. The molecular weight excluding hydrogens is 323 g/mol. The molecule has 0 heterocycles. The molecule has 0 bridgehead atoms. The highest BCUT2D eigenvalue weighted by molar-refractivity contribution is 7.99. The van der Waals surface area contributed by atoms with Crippen LogP contribution in [0.25, 0.3) is 0 Å². The van der Waals surface area contributed by atoms with Gasteiger partial charge in [-0.25, -0.2) is 0 Å². The monoisotopic (exact) mass is 339 g/mol. The maximum Gasteiger partial charge on any atom is 0.417 e. The largest absolute Gasteiger partial charge is 0.497 e. The third kappa shape index (κ3) is 4.28. The zero-order chi connectivity index (χ0) is 17.0. The summed E-state index contributed by atoms with van der Waals surface area (Å²) in [5.74, 6) is 0.662. The molecule has 0 amide bonds. The molecule has 6 heteroatoms. The van der Waals surface area contributed by atoms with E-state index in [4.69, 9.17) is 4.74 Å². The molecule has 23 heavy (non-hydrogen) atoms. The molecule has 0 aliphatic heterocycles. The summed E-state index contributed by atoms with van der Waals surface area (Å²) < 4.78 is 45.2. The molecule has 0 spiro atoms. The molecule has 0 saturated heterocycles. The van der Waals surface area contributed by atoms with Crippen molar-refractivity contribution < 1.29 is 17.9 Å². The van der Waals surface area contributed by atoms with E-state index in [2.05, 4.69) is 4.99 Å². The van der Waals surface area contributed by atoms with E-state index in [9.17, 15) is 13.2 Å². The van der Waals surface area contributed by atoms with Crippen LogP contribution >= 0.6 is 11.8 Å². The Labute approximate surface area is 137 Å². The van der Waals surface area contributed by atoms with E-state index in [1.54, 1.807) is 51.3 Å². The summed E-state index contributed by atoms with van der Waals surface area (Å²) >= 11 is 1.09. The fraction of sp³-hybridized carbons (Fsp3) is 0.235. The number of methoxy groups -OCH3 is 1. The van der Waals surface area contributed by atoms with Crippen LogP contribution < -0.4 is 4.74 Å². The van der Waals surface area contributed by atoms with Gasteiger partial charge in [-0.1, -0.05) is 11.8 Å². The topological polar surface area (TPSA) is 21.6 Å². The third-order valence-corrected chi connectivity index (χ3v) is 4.38. The van der Waals surface area contributed by atoms with Crippen LogP contribution in [0.4, 0.5) is 18.9 Å². The lowest BCUT2D eigenvalue weighted by Gasteiger charge is -2.16. The van der Waals surface area contributed by atoms with E-state index in [1.165, 1.54) is 6.21 Å². The van der Waals surface area contributed by atoms with Gasteiger partial charge in [0.05, 0.1) is 18.4 Å². The van der Waals surface area contributed by atoms with E-state index in [0.717, 1.165) is 17.8 Å². The van der Waals surface area contributed by atoms with Gasteiger partial charge in [0, 0.05) is 16.0 Å². The number of ether oxygens (including phenoxy) is 1. The van der Waals surface area contributed by atoms with Crippen molar-refractivity contribution in [3.8, 4) is 5.75 Å². The summed E-state index contributed by atoms with van der Waals surface area (Å²) in [4.78, 5) is 4.87. The molecule has 0 N–H and O–H groups in total. The molecule has 0 aliphatic rings. The number of aryl methyl sites for hydroxylation is 1. The second kappa shape index (κ2) is 7.08. The minimum atomic E-state index is -4.43. The van der Waals surface area contributed by atoms with Crippen LogP contribution in [-0.2, 0) is 6.18 Å². The summed E-state index contributed by atoms with van der Waals surface area (Å²) in [6.45, 7) is 3.33. The van der Waals surface area contributed by atoms with E-state index < -0.39 is 11.7 Å². The van der Waals surface area contributed by atoms with Gasteiger partial charge in [-0.3, -0.25) is 4.99 Å². The number of hydrogen-bond donors (Lipinski definition) is 0. The van der Waals surface area contributed by atoms with Crippen molar-refractivity contribution in [2.45, 2.75) is 29.8 Å². The number of rotatable bonds is 4. The molecule has 2 rings (SSSR count). The first-order chi connectivity index (χ1) is 10.8. The van der Waals surface area contributed by atoms with Gasteiger partial charge in [0.25, 0.3) is 0 Å². The average molecular weight is 339 g/mol.